The molecular weight excluding hydrogens is 268 g/mol. The number of carbonyl (C=O) groups excluding carboxylic acids is 2. The predicted octanol–water partition coefficient (Wildman–Crippen LogP) is 2.59. The van der Waals surface area contributed by atoms with Crippen LogP contribution in [-0.2, 0) is 9.53 Å². The topological polar surface area (TPSA) is 67.4 Å². The van der Waals surface area contributed by atoms with Crippen LogP contribution in [-0.4, -0.2) is 23.5 Å². The molecule has 19 heavy (non-hydrogen) atoms. The van der Waals surface area contributed by atoms with Crippen LogP contribution >= 0.6 is 11.6 Å². The molecular formula is C13H23ClN2O3. The van der Waals surface area contributed by atoms with Crippen molar-refractivity contribution in [2.24, 2.45) is 11.8 Å². The number of ether oxygens (including phenoxy) is 1. The molecule has 6 heteroatoms. The van der Waals surface area contributed by atoms with Gasteiger partial charge in [-0.2, -0.15) is 0 Å². The summed E-state index contributed by atoms with van der Waals surface area (Å²) in [6.07, 6.45) is 3.07. The minimum absolute atomic E-state index is 0.0614. The second kappa shape index (κ2) is 6.98. The van der Waals surface area contributed by atoms with Crippen molar-refractivity contribution in [1.82, 2.24) is 10.9 Å². The van der Waals surface area contributed by atoms with E-state index < -0.39 is 11.7 Å². The average Bonchev–Trinajstić information content (AvgIpc) is 3.09. The van der Waals surface area contributed by atoms with Gasteiger partial charge in [0.1, 0.15) is 5.60 Å². The van der Waals surface area contributed by atoms with E-state index in [0.29, 0.717) is 11.8 Å². The van der Waals surface area contributed by atoms with Crippen LogP contribution < -0.4 is 10.9 Å². The number of alkyl halides is 1. The minimum Gasteiger partial charge on any atom is -0.443 e. The fourth-order valence-corrected chi connectivity index (χ4v) is 2.04. The van der Waals surface area contributed by atoms with Gasteiger partial charge in [0.05, 0.1) is 0 Å². The van der Waals surface area contributed by atoms with E-state index in [-0.39, 0.29) is 11.8 Å². The average molecular weight is 291 g/mol. The van der Waals surface area contributed by atoms with E-state index in [1.165, 1.54) is 0 Å². The molecule has 0 aliphatic heterocycles. The maximum absolute atomic E-state index is 12.0. The number of hydrazine groups is 1. The van der Waals surface area contributed by atoms with Gasteiger partial charge in [0, 0.05) is 11.8 Å². The van der Waals surface area contributed by atoms with Gasteiger partial charge in [-0.05, 0) is 52.4 Å². The Morgan fingerprint density at radius 2 is 1.95 bits per heavy atom. The largest absolute Gasteiger partial charge is 0.443 e. The maximum atomic E-state index is 12.0. The molecule has 2 N–H and O–H groups in total. The standard InChI is InChI=1S/C13H23ClN2O3/c1-13(2,3)19-12(18)16-15-11(17)10(5-4-8-14)9-6-7-9/h9-10H,4-8H2,1-3H3,(H,15,17)(H,16,18). The lowest BCUT2D eigenvalue weighted by Gasteiger charge is -2.21. The number of rotatable bonds is 5. The summed E-state index contributed by atoms with van der Waals surface area (Å²) in [5.41, 5.74) is 4.13. The highest BCUT2D eigenvalue weighted by atomic mass is 35.5. The first kappa shape index (κ1) is 16.1. The van der Waals surface area contributed by atoms with Crippen molar-refractivity contribution in [3.8, 4) is 0 Å². The van der Waals surface area contributed by atoms with Crippen LogP contribution in [0.3, 0.4) is 0 Å². The van der Waals surface area contributed by atoms with Crippen molar-refractivity contribution in [2.45, 2.75) is 52.1 Å². The van der Waals surface area contributed by atoms with E-state index in [1.54, 1.807) is 20.8 Å². The van der Waals surface area contributed by atoms with Crippen LogP contribution in [0.1, 0.15) is 46.5 Å². The lowest BCUT2D eigenvalue weighted by Crippen LogP contribution is -2.47. The first-order chi connectivity index (χ1) is 8.83. The zero-order valence-corrected chi connectivity index (χ0v) is 12.5. The number of halogens is 1. The third-order valence-electron chi connectivity index (χ3n) is 2.86. The molecule has 0 bridgehead atoms. The molecule has 0 heterocycles. The summed E-state index contributed by atoms with van der Waals surface area (Å²) in [6.45, 7) is 5.30. The number of nitrogens with one attached hydrogen (secondary N) is 2. The summed E-state index contributed by atoms with van der Waals surface area (Å²) in [5, 5.41) is 0. The second-order valence-electron chi connectivity index (χ2n) is 5.89. The first-order valence-corrected chi connectivity index (χ1v) is 7.22. The van der Waals surface area contributed by atoms with Crippen molar-refractivity contribution >= 4 is 23.6 Å². The van der Waals surface area contributed by atoms with Gasteiger partial charge in [-0.1, -0.05) is 0 Å². The summed E-state index contributed by atoms with van der Waals surface area (Å²) in [5.74, 6) is 0.770. The van der Waals surface area contributed by atoms with Crippen LogP contribution in [0.25, 0.3) is 0 Å². The molecule has 110 valence electrons. The molecule has 0 saturated heterocycles. The highest BCUT2D eigenvalue weighted by Gasteiger charge is 2.35. The lowest BCUT2D eigenvalue weighted by atomic mass is 9.97. The van der Waals surface area contributed by atoms with Crippen molar-refractivity contribution in [3.63, 3.8) is 0 Å². The van der Waals surface area contributed by atoms with E-state index >= 15 is 0 Å². The van der Waals surface area contributed by atoms with Crippen LogP contribution in [0.5, 0.6) is 0 Å². The van der Waals surface area contributed by atoms with Gasteiger partial charge >= 0.3 is 6.09 Å². The van der Waals surface area contributed by atoms with Gasteiger partial charge in [-0.25, -0.2) is 10.2 Å². The van der Waals surface area contributed by atoms with E-state index in [9.17, 15) is 9.59 Å². The number of carbonyl (C=O) groups is 2. The Labute approximate surface area is 119 Å². The first-order valence-electron chi connectivity index (χ1n) is 6.68. The fraction of sp³-hybridized carbons (Fsp3) is 0.846. The number of hydrogen-bond acceptors (Lipinski definition) is 3. The van der Waals surface area contributed by atoms with E-state index in [2.05, 4.69) is 10.9 Å². The highest BCUT2D eigenvalue weighted by molar-refractivity contribution is 6.17. The van der Waals surface area contributed by atoms with Gasteiger partial charge in [0.25, 0.3) is 0 Å². The third-order valence-corrected chi connectivity index (χ3v) is 3.13. The molecule has 1 atom stereocenters. The summed E-state index contributed by atoms with van der Waals surface area (Å²) in [4.78, 5) is 23.4. The molecule has 1 unspecified atom stereocenters. The van der Waals surface area contributed by atoms with Crippen molar-refractivity contribution < 1.29 is 14.3 Å². The quantitative estimate of drug-likeness (QED) is 0.604. The Hall–Kier alpha value is -0.970. The fourth-order valence-electron chi connectivity index (χ4n) is 1.89. The Morgan fingerprint density at radius 1 is 1.32 bits per heavy atom. The molecule has 0 aromatic rings. The van der Waals surface area contributed by atoms with Crippen LogP contribution in [0.2, 0.25) is 0 Å². The predicted molar refractivity (Wildman–Crippen MR) is 73.7 cm³/mol. The van der Waals surface area contributed by atoms with Gasteiger partial charge in [-0.3, -0.25) is 10.2 Å². The van der Waals surface area contributed by atoms with Crippen molar-refractivity contribution in [1.29, 1.82) is 0 Å². The van der Waals surface area contributed by atoms with Gasteiger partial charge in [0.15, 0.2) is 0 Å². The Balaban J connectivity index is 2.33. The molecule has 1 rings (SSSR count). The molecule has 1 aliphatic carbocycles. The zero-order valence-electron chi connectivity index (χ0n) is 11.8. The van der Waals surface area contributed by atoms with Gasteiger partial charge in [0.2, 0.25) is 5.91 Å². The zero-order chi connectivity index (χ0) is 14.5. The van der Waals surface area contributed by atoms with Crippen LogP contribution in [0.4, 0.5) is 4.79 Å². The number of hydrogen-bond donors (Lipinski definition) is 2. The molecule has 5 nitrogen and oxygen atoms in total. The summed E-state index contributed by atoms with van der Waals surface area (Å²) >= 11 is 5.65. The SMILES string of the molecule is CC(C)(C)OC(=O)NNC(=O)C(CCCCl)C1CC1. The van der Waals surface area contributed by atoms with E-state index in [0.717, 1.165) is 25.7 Å². The normalized spacial score (nSPS) is 16.6. The monoisotopic (exact) mass is 290 g/mol. The van der Waals surface area contributed by atoms with Crippen molar-refractivity contribution in [2.75, 3.05) is 5.88 Å². The molecule has 1 aliphatic rings. The van der Waals surface area contributed by atoms with Gasteiger partial charge < -0.3 is 4.74 Å². The maximum Gasteiger partial charge on any atom is 0.426 e. The summed E-state index contributed by atoms with van der Waals surface area (Å²) in [6, 6.07) is 0. The third kappa shape index (κ3) is 6.66. The molecule has 0 radical (unpaired) electrons. The minimum atomic E-state index is -0.646. The Bertz CT molecular complexity index is 324. The van der Waals surface area contributed by atoms with E-state index in [4.69, 9.17) is 16.3 Å². The molecule has 0 aromatic heterocycles. The van der Waals surface area contributed by atoms with Gasteiger partial charge in [-0.15, -0.1) is 11.6 Å². The highest BCUT2D eigenvalue weighted by Crippen LogP contribution is 2.39. The van der Waals surface area contributed by atoms with Crippen LogP contribution in [0.15, 0.2) is 0 Å². The summed E-state index contributed by atoms with van der Waals surface area (Å²) in [7, 11) is 0. The molecule has 0 aromatic carbocycles. The second-order valence-corrected chi connectivity index (χ2v) is 6.27. The number of amides is 2. The Morgan fingerprint density at radius 3 is 2.42 bits per heavy atom. The van der Waals surface area contributed by atoms with Crippen molar-refractivity contribution in [3.05, 3.63) is 0 Å². The summed E-state index contributed by atoms with van der Waals surface area (Å²) < 4.78 is 5.04. The van der Waals surface area contributed by atoms with Crippen LogP contribution in [0, 0.1) is 11.8 Å². The molecule has 1 saturated carbocycles. The molecule has 2 amide bonds. The Kier molecular flexibility index (Phi) is 5.91. The smallest absolute Gasteiger partial charge is 0.426 e. The van der Waals surface area contributed by atoms with E-state index in [1.807, 2.05) is 0 Å². The molecule has 1 fully saturated rings. The lowest BCUT2D eigenvalue weighted by molar-refractivity contribution is -0.126. The molecule has 0 spiro atoms.